The number of carbonyl (C=O) groups excluding carboxylic acids is 1. The zero-order valence-electron chi connectivity index (χ0n) is 18.0. The lowest BCUT2D eigenvalue weighted by Crippen LogP contribution is -2.58. The highest BCUT2D eigenvalue weighted by atomic mass is 16.6. The predicted octanol–water partition coefficient (Wildman–Crippen LogP) is 3.57. The second-order valence-corrected chi connectivity index (χ2v) is 8.42. The van der Waals surface area contributed by atoms with E-state index in [0.717, 1.165) is 25.9 Å². The van der Waals surface area contributed by atoms with Crippen molar-refractivity contribution in [3.63, 3.8) is 0 Å². The summed E-state index contributed by atoms with van der Waals surface area (Å²) in [4.78, 5) is 26.5. The fourth-order valence-electron chi connectivity index (χ4n) is 4.79. The van der Waals surface area contributed by atoms with Crippen LogP contribution in [0.4, 0.5) is 11.4 Å². The van der Waals surface area contributed by atoms with Gasteiger partial charge in [-0.05, 0) is 50.9 Å². The maximum Gasteiger partial charge on any atom is 0.293 e. The fourth-order valence-corrected chi connectivity index (χ4v) is 4.79. The van der Waals surface area contributed by atoms with Gasteiger partial charge in [0.2, 0.25) is 0 Å². The largest absolute Gasteiger partial charge is 0.383 e. The molecule has 1 aromatic rings. The number of benzene rings is 1. The second-order valence-electron chi connectivity index (χ2n) is 8.42. The number of nitrogens with one attached hydrogen (secondary N) is 2. The molecule has 2 fully saturated rings. The molecule has 1 amide bonds. The number of hydrogen-bond acceptors (Lipinski definition) is 6. The maximum atomic E-state index is 12.9. The Morgan fingerprint density at radius 3 is 2.53 bits per heavy atom. The van der Waals surface area contributed by atoms with Gasteiger partial charge in [0.25, 0.3) is 11.6 Å². The molecule has 30 heavy (non-hydrogen) atoms. The van der Waals surface area contributed by atoms with Crippen LogP contribution in [0.3, 0.4) is 0 Å². The van der Waals surface area contributed by atoms with E-state index >= 15 is 0 Å². The Balaban J connectivity index is 1.69. The molecule has 8 nitrogen and oxygen atoms in total. The number of anilines is 1. The molecule has 8 heteroatoms. The molecule has 1 aliphatic carbocycles. The van der Waals surface area contributed by atoms with E-state index in [9.17, 15) is 14.9 Å². The van der Waals surface area contributed by atoms with Crippen molar-refractivity contribution in [1.29, 1.82) is 0 Å². The van der Waals surface area contributed by atoms with Crippen molar-refractivity contribution in [2.24, 2.45) is 0 Å². The Morgan fingerprint density at radius 1 is 1.17 bits per heavy atom. The van der Waals surface area contributed by atoms with E-state index in [1.807, 2.05) is 0 Å². The highest BCUT2D eigenvalue weighted by molar-refractivity contribution is 5.95. The van der Waals surface area contributed by atoms with E-state index in [4.69, 9.17) is 4.74 Å². The van der Waals surface area contributed by atoms with Crippen molar-refractivity contribution < 1.29 is 14.5 Å². The Hall–Kier alpha value is -2.19. The van der Waals surface area contributed by atoms with Gasteiger partial charge in [-0.3, -0.25) is 19.8 Å². The number of likely N-dealkylation sites (tertiary alicyclic amines) is 1. The highest BCUT2D eigenvalue weighted by Crippen LogP contribution is 2.35. The van der Waals surface area contributed by atoms with Gasteiger partial charge >= 0.3 is 0 Å². The van der Waals surface area contributed by atoms with Crippen molar-refractivity contribution in [3.8, 4) is 0 Å². The molecule has 2 aliphatic rings. The van der Waals surface area contributed by atoms with Gasteiger partial charge in [-0.1, -0.05) is 25.7 Å². The minimum atomic E-state index is -0.456. The molecule has 0 bridgehead atoms. The van der Waals surface area contributed by atoms with Crippen LogP contribution in [0.25, 0.3) is 0 Å². The van der Waals surface area contributed by atoms with Crippen LogP contribution < -0.4 is 10.6 Å². The second kappa shape index (κ2) is 10.7. The molecule has 166 valence electrons. The standard InChI is InChI=1S/C22H34N4O4/c1-30-15-12-23-19-9-8-18(16-20(19)26(28)29)21(27)24-17-22(10-4-2-5-11-22)25-13-6-3-7-14-25/h8-9,16,23H,2-7,10-15,17H2,1H3,(H,24,27). The van der Waals surface area contributed by atoms with Crippen molar-refractivity contribution in [2.45, 2.75) is 56.9 Å². The van der Waals surface area contributed by atoms with Gasteiger partial charge in [0.15, 0.2) is 0 Å². The molecule has 1 saturated heterocycles. The van der Waals surface area contributed by atoms with Crippen molar-refractivity contribution in [3.05, 3.63) is 33.9 Å². The normalized spacial score (nSPS) is 19.2. The average Bonchev–Trinajstić information content (AvgIpc) is 2.79. The van der Waals surface area contributed by atoms with Gasteiger partial charge in [0.05, 0.1) is 11.5 Å². The summed E-state index contributed by atoms with van der Waals surface area (Å²) in [7, 11) is 1.58. The molecule has 1 aliphatic heterocycles. The smallest absolute Gasteiger partial charge is 0.293 e. The topological polar surface area (TPSA) is 96.7 Å². The van der Waals surface area contributed by atoms with Crippen LogP contribution in [-0.2, 0) is 4.74 Å². The molecule has 3 rings (SSSR count). The molecular formula is C22H34N4O4. The summed E-state index contributed by atoms with van der Waals surface area (Å²) in [6, 6.07) is 4.61. The summed E-state index contributed by atoms with van der Waals surface area (Å²) in [6.45, 7) is 3.71. The van der Waals surface area contributed by atoms with Crippen LogP contribution in [0.1, 0.15) is 61.7 Å². The number of nitro groups is 1. The predicted molar refractivity (Wildman–Crippen MR) is 117 cm³/mol. The quantitative estimate of drug-likeness (QED) is 0.361. The molecule has 0 atom stereocenters. The molecule has 1 heterocycles. The lowest BCUT2D eigenvalue weighted by molar-refractivity contribution is -0.384. The third-order valence-electron chi connectivity index (χ3n) is 6.47. The van der Waals surface area contributed by atoms with E-state index < -0.39 is 4.92 Å². The van der Waals surface area contributed by atoms with Crippen molar-refractivity contribution in [1.82, 2.24) is 10.2 Å². The van der Waals surface area contributed by atoms with Gasteiger partial charge in [0.1, 0.15) is 5.69 Å². The summed E-state index contributed by atoms with van der Waals surface area (Å²) in [5.41, 5.74) is 0.651. The molecule has 2 N–H and O–H groups in total. The van der Waals surface area contributed by atoms with Gasteiger partial charge in [-0.15, -0.1) is 0 Å². The number of carbonyl (C=O) groups is 1. The highest BCUT2D eigenvalue weighted by Gasteiger charge is 2.38. The van der Waals surface area contributed by atoms with Crippen LogP contribution in [0.5, 0.6) is 0 Å². The first-order valence-corrected chi connectivity index (χ1v) is 11.1. The van der Waals surface area contributed by atoms with Crippen LogP contribution in [0.15, 0.2) is 18.2 Å². The lowest BCUT2D eigenvalue weighted by Gasteiger charge is -2.48. The zero-order valence-corrected chi connectivity index (χ0v) is 18.0. The number of hydrogen-bond donors (Lipinski definition) is 2. The summed E-state index contributed by atoms with van der Waals surface area (Å²) in [6.07, 6.45) is 9.59. The third kappa shape index (κ3) is 5.49. The van der Waals surface area contributed by atoms with Crippen molar-refractivity contribution >= 4 is 17.3 Å². The first-order chi connectivity index (χ1) is 14.6. The van der Waals surface area contributed by atoms with E-state index in [1.54, 1.807) is 19.2 Å². The monoisotopic (exact) mass is 418 g/mol. The van der Waals surface area contributed by atoms with E-state index in [0.29, 0.717) is 30.9 Å². The summed E-state index contributed by atoms with van der Waals surface area (Å²) >= 11 is 0. The summed E-state index contributed by atoms with van der Waals surface area (Å²) in [5, 5.41) is 17.6. The molecule has 0 unspecified atom stereocenters. The Kier molecular flexibility index (Phi) is 8.04. The number of amides is 1. The molecule has 1 aromatic carbocycles. The molecule has 1 saturated carbocycles. The van der Waals surface area contributed by atoms with Gasteiger partial charge < -0.3 is 15.4 Å². The Bertz CT molecular complexity index is 728. The van der Waals surface area contributed by atoms with Gasteiger partial charge in [0, 0.05) is 37.4 Å². The minimum Gasteiger partial charge on any atom is -0.383 e. The van der Waals surface area contributed by atoms with Crippen LogP contribution in [0, 0.1) is 10.1 Å². The number of nitrogens with zero attached hydrogens (tertiary/aromatic N) is 2. The van der Waals surface area contributed by atoms with Gasteiger partial charge in [-0.2, -0.15) is 0 Å². The zero-order chi connectivity index (χ0) is 21.4. The molecular weight excluding hydrogens is 384 g/mol. The number of ether oxygens (including phenoxy) is 1. The maximum absolute atomic E-state index is 12.9. The van der Waals surface area contributed by atoms with E-state index in [2.05, 4.69) is 15.5 Å². The first kappa shape index (κ1) is 22.5. The molecule has 0 radical (unpaired) electrons. The Labute approximate surface area is 178 Å². The van der Waals surface area contributed by atoms with Crippen molar-refractivity contribution in [2.75, 3.05) is 45.2 Å². The number of nitro benzene ring substituents is 1. The van der Waals surface area contributed by atoms with Crippen LogP contribution in [0.2, 0.25) is 0 Å². The number of methoxy groups -OCH3 is 1. The number of piperidine rings is 1. The summed E-state index contributed by atoms with van der Waals surface area (Å²) < 4.78 is 4.97. The van der Waals surface area contributed by atoms with Gasteiger partial charge in [-0.25, -0.2) is 0 Å². The third-order valence-corrected chi connectivity index (χ3v) is 6.47. The minimum absolute atomic E-state index is 0.0297. The lowest BCUT2D eigenvalue weighted by atomic mass is 9.79. The fraction of sp³-hybridized carbons (Fsp3) is 0.682. The Morgan fingerprint density at radius 2 is 1.87 bits per heavy atom. The van der Waals surface area contributed by atoms with Crippen LogP contribution in [-0.4, -0.2) is 61.2 Å². The SMILES string of the molecule is COCCNc1ccc(C(=O)NCC2(N3CCCCC3)CCCCC2)cc1[N+](=O)[O-]. The first-order valence-electron chi connectivity index (χ1n) is 11.1. The molecule has 0 aromatic heterocycles. The summed E-state index contributed by atoms with van der Waals surface area (Å²) in [5.74, 6) is -0.247. The van der Waals surface area contributed by atoms with E-state index in [-0.39, 0.29) is 17.1 Å². The van der Waals surface area contributed by atoms with Crippen LogP contribution >= 0.6 is 0 Å². The molecule has 0 spiro atoms. The number of rotatable bonds is 9. The van der Waals surface area contributed by atoms with E-state index in [1.165, 1.54) is 44.6 Å². The average molecular weight is 419 g/mol.